The highest BCUT2D eigenvalue weighted by molar-refractivity contribution is 6.10. The summed E-state index contributed by atoms with van der Waals surface area (Å²) in [6.45, 7) is 4.02. The van der Waals surface area contributed by atoms with Crippen molar-refractivity contribution in [3.63, 3.8) is 0 Å². The van der Waals surface area contributed by atoms with Gasteiger partial charge in [0.2, 0.25) is 5.91 Å². The Morgan fingerprint density at radius 3 is 2.47 bits per heavy atom. The maximum Gasteiger partial charge on any atom is 0.223 e. The van der Waals surface area contributed by atoms with Crippen molar-refractivity contribution in [3.8, 4) is 11.1 Å². The van der Waals surface area contributed by atoms with E-state index in [1.165, 1.54) is 0 Å². The SMILES string of the molecule is CC(C)NC(=O)C1CCC(n2cc(C3=CN(C)C(c4cccc(-c5cnn(C)c5)c4)N=C3)cn2)CC1. The minimum absolute atomic E-state index is 0.0762. The van der Waals surface area contributed by atoms with Crippen LogP contribution in [0.2, 0.25) is 0 Å². The molecule has 1 atom stereocenters. The van der Waals surface area contributed by atoms with Crippen LogP contribution in [-0.4, -0.2) is 49.7 Å². The Hall–Kier alpha value is -3.68. The molecule has 5 rings (SSSR count). The molecule has 1 saturated carbocycles. The molecule has 1 amide bonds. The summed E-state index contributed by atoms with van der Waals surface area (Å²) < 4.78 is 3.89. The first-order chi connectivity index (χ1) is 17.4. The molecular weight excluding hydrogens is 450 g/mol. The van der Waals surface area contributed by atoms with Gasteiger partial charge in [-0.2, -0.15) is 10.2 Å². The molecule has 8 heteroatoms. The zero-order valence-electron chi connectivity index (χ0n) is 21.5. The number of nitrogens with zero attached hydrogens (tertiary/aromatic N) is 6. The smallest absolute Gasteiger partial charge is 0.223 e. The van der Waals surface area contributed by atoms with Crippen molar-refractivity contribution in [1.82, 2.24) is 29.8 Å². The van der Waals surface area contributed by atoms with Crippen molar-refractivity contribution in [2.75, 3.05) is 7.05 Å². The molecule has 1 fully saturated rings. The van der Waals surface area contributed by atoms with Crippen molar-refractivity contribution in [2.24, 2.45) is 18.0 Å². The molecule has 36 heavy (non-hydrogen) atoms. The number of aliphatic imine (C=N–C) groups is 1. The molecule has 3 aromatic rings. The third kappa shape index (κ3) is 5.12. The summed E-state index contributed by atoms with van der Waals surface area (Å²) in [5, 5.41) is 12.0. The molecule has 0 spiro atoms. The average Bonchev–Trinajstić information content (AvgIpc) is 3.53. The number of rotatable bonds is 6. The largest absolute Gasteiger partial charge is 0.355 e. The van der Waals surface area contributed by atoms with Crippen LogP contribution < -0.4 is 5.32 Å². The Kier molecular flexibility index (Phi) is 6.76. The molecule has 3 heterocycles. The number of carbonyl (C=O) groups is 1. The summed E-state index contributed by atoms with van der Waals surface area (Å²) in [5.41, 5.74) is 5.48. The van der Waals surface area contributed by atoms with E-state index in [1.54, 1.807) is 0 Å². The number of nitrogens with one attached hydrogen (secondary N) is 1. The standard InChI is InChI=1S/C28H35N7O/c1-19(2)32-28(36)20-8-10-26(11-9-20)35-18-25(15-31-35)23-13-29-27(33(3)16-23)22-7-5-6-21(12-22)24-14-30-34(4)17-24/h5-7,12-20,26-27H,8-11H2,1-4H3,(H,32,36). The van der Waals surface area contributed by atoms with E-state index in [-0.39, 0.29) is 24.0 Å². The van der Waals surface area contributed by atoms with Crippen LogP contribution in [0.4, 0.5) is 0 Å². The molecule has 1 aliphatic carbocycles. The lowest BCUT2D eigenvalue weighted by atomic mass is 9.85. The summed E-state index contributed by atoms with van der Waals surface area (Å²) in [4.78, 5) is 19.4. The Morgan fingerprint density at radius 1 is 1.00 bits per heavy atom. The van der Waals surface area contributed by atoms with Gasteiger partial charge in [0.05, 0.1) is 18.4 Å². The second kappa shape index (κ2) is 10.1. The zero-order chi connectivity index (χ0) is 25.2. The Labute approximate surface area is 212 Å². The van der Waals surface area contributed by atoms with Crippen LogP contribution in [0.5, 0.6) is 0 Å². The van der Waals surface area contributed by atoms with Gasteiger partial charge in [-0.05, 0) is 56.7 Å². The van der Waals surface area contributed by atoms with E-state index in [0.717, 1.165) is 53.5 Å². The Morgan fingerprint density at radius 2 is 1.78 bits per heavy atom. The number of hydrogen-bond donors (Lipinski definition) is 1. The fourth-order valence-electron chi connectivity index (χ4n) is 5.19. The lowest BCUT2D eigenvalue weighted by Crippen LogP contribution is -2.37. The van der Waals surface area contributed by atoms with E-state index in [0.29, 0.717) is 6.04 Å². The van der Waals surface area contributed by atoms with Crippen LogP contribution in [0.3, 0.4) is 0 Å². The Balaban J connectivity index is 1.24. The monoisotopic (exact) mass is 485 g/mol. The van der Waals surface area contributed by atoms with Crippen LogP contribution >= 0.6 is 0 Å². The predicted octanol–water partition coefficient (Wildman–Crippen LogP) is 4.60. The predicted molar refractivity (Wildman–Crippen MR) is 142 cm³/mol. The molecule has 2 aromatic heterocycles. The maximum absolute atomic E-state index is 12.3. The van der Waals surface area contributed by atoms with Gasteiger partial charge in [-0.25, -0.2) is 0 Å². The van der Waals surface area contributed by atoms with Gasteiger partial charge in [0.1, 0.15) is 6.17 Å². The highest BCUT2D eigenvalue weighted by Crippen LogP contribution is 2.34. The molecule has 0 radical (unpaired) electrons. The van der Waals surface area contributed by atoms with Crippen molar-refractivity contribution >= 4 is 17.7 Å². The van der Waals surface area contributed by atoms with Crippen molar-refractivity contribution < 1.29 is 4.79 Å². The van der Waals surface area contributed by atoms with Gasteiger partial charge in [-0.15, -0.1) is 0 Å². The number of aryl methyl sites for hydroxylation is 1. The van der Waals surface area contributed by atoms with E-state index >= 15 is 0 Å². The van der Waals surface area contributed by atoms with E-state index in [1.807, 2.05) is 50.4 Å². The number of hydrogen-bond acceptors (Lipinski definition) is 5. The molecule has 2 aliphatic rings. The van der Waals surface area contributed by atoms with Gasteiger partial charge < -0.3 is 10.2 Å². The third-order valence-electron chi connectivity index (χ3n) is 7.11. The number of benzene rings is 1. The minimum atomic E-state index is -0.0762. The molecule has 1 aliphatic heterocycles. The van der Waals surface area contributed by atoms with Crippen LogP contribution in [0, 0.1) is 5.92 Å². The van der Waals surface area contributed by atoms with Gasteiger partial charge >= 0.3 is 0 Å². The molecule has 188 valence electrons. The van der Waals surface area contributed by atoms with Crippen LogP contribution in [0.25, 0.3) is 16.7 Å². The summed E-state index contributed by atoms with van der Waals surface area (Å²) in [6, 6.07) is 9.01. The zero-order valence-corrected chi connectivity index (χ0v) is 21.5. The van der Waals surface area contributed by atoms with Crippen molar-refractivity contribution in [1.29, 1.82) is 0 Å². The van der Waals surface area contributed by atoms with Crippen LogP contribution in [0.15, 0.2) is 60.2 Å². The summed E-state index contributed by atoms with van der Waals surface area (Å²) >= 11 is 0. The third-order valence-corrected chi connectivity index (χ3v) is 7.11. The first-order valence-corrected chi connectivity index (χ1v) is 12.8. The molecule has 0 bridgehead atoms. The molecule has 0 saturated heterocycles. The van der Waals surface area contributed by atoms with E-state index < -0.39 is 0 Å². The highest BCUT2D eigenvalue weighted by Gasteiger charge is 2.28. The van der Waals surface area contributed by atoms with Crippen LogP contribution in [-0.2, 0) is 11.8 Å². The Bertz CT molecular complexity index is 1280. The van der Waals surface area contributed by atoms with Gasteiger partial charge in [-0.1, -0.05) is 18.2 Å². The second-order valence-corrected chi connectivity index (χ2v) is 10.3. The van der Waals surface area contributed by atoms with Gasteiger partial charge in [0, 0.05) is 67.6 Å². The van der Waals surface area contributed by atoms with Gasteiger partial charge in [0.15, 0.2) is 0 Å². The number of aromatic nitrogens is 4. The lowest BCUT2D eigenvalue weighted by molar-refractivity contribution is -0.126. The second-order valence-electron chi connectivity index (χ2n) is 10.3. The van der Waals surface area contributed by atoms with Gasteiger partial charge in [-0.3, -0.25) is 19.2 Å². The molecule has 1 unspecified atom stereocenters. The fourth-order valence-corrected chi connectivity index (χ4v) is 5.19. The molecule has 1 aromatic carbocycles. The molecule has 1 N–H and O–H groups in total. The van der Waals surface area contributed by atoms with E-state index in [9.17, 15) is 4.79 Å². The van der Waals surface area contributed by atoms with Crippen molar-refractivity contribution in [3.05, 3.63) is 66.4 Å². The summed E-state index contributed by atoms with van der Waals surface area (Å²) in [5.74, 6) is 0.311. The number of carbonyl (C=O) groups excluding carboxylic acids is 1. The maximum atomic E-state index is 12.3. The lowest BCUT2D eigenvalue weighted by Gasteiger charge is -2.29. The summed E-state index contributed by atoms with van der Waals surface area (Å²) in [7, 11) is 3.99. The first kappa shape index (κ1) is 24.0. The first-order valence-electron chi connectivity index (χ1n) is 12.8. The normalized spacial score (nSPS) is 22.1. The number of amides is 1. The highest BCUT2D eigenvalue weighted by atomic mass is 16.1. The average molecular weight is 486 g/mol. The van der Waals surface area contributed by atoms with Crippen LogP contribution in [0.1, 0.15) is 62.9 Å². The molecule has 8 nitrogen and oxygen atoms in total. The van der Waals surface area contributed by atoms with Gasteiger partial charge in [0.25, 0.3) is 0 Å². The van der Waals surface area contributed by atoms with E-state index in [2.05, 4.69) is 68.8 Å². The topological polar surface area (TPSA) is 80.3 Å². The number of allylic oxidation sites excluding steroid dienone is 1. The molecular formula is C28H35N7O. The minimum Gasteiger partial charge on any atom is -0.355 e. The quantitative estimate of drug-likeness (QED) is 0.554. The summed E-state index contributed by atoms with van der Waals surface area (Å²) in [6.07, 6.45) is 15.7. The van der Waals surface area contributed by atoms with E-state index in [4.69, 9.17) is 4.99 Å². The fraction of sp³-hybridized carbons (Fsp3) is 0.429. The van der Waals surface area contributed by atoms with Crippen molar-refractivity contribution in [2.45, 2.75) is 57.8 Å².